The molecule has 0 spiro atoms. The number of rotatable bonds is 5. The molecule has 2 aromatic carbocycles. The van der Waals surface area contributed by atoms with E-state index in [0.717, 1.165) is 11.1 Å². The van der Waals surface area contributed by atoms with Gasteiger partial charge in [-0.2, -0.15) is 4.99 Å². The van der Waals surface area contributed by atoms with Crippen molar-refractivity contribution < 1.29 is 13.2 Å². The van der Waals surface area contributed by atoms with Gasteiger partial charge < -0.3 is 5.73 Å². The molecular weight excluding hydrogens is 358 g/mol. The van der Waals surface area contributed by atoms with Gasteiger partial charge in [0, 0.05) is 0 Å². The molecule has 1 atom stereocenters. The molecule has 1 aliphatic heterocycles. The van der Waals surface area contributed by atoms with Gasteiger partial charge in [-0.15, -0.1) is 0 Å². The molecule has 0 aliphatic carbocycles. The number of amidine groups is 1. The summed E-state index contributed by atoms with van der Waals surface area (Å²) in [5.41, 5.74) is 7.81. The highest BCUT2D eigenvalue weighted by atomic mass is 32.2. The highest BCUT2D eigenvalue weighted by Crippen LogP contribution is 2.35. The third-order valence-corrected chi connectivity index (χ3v) is 5.92. The molecule has 1 heterocycles. The molecule has 2 N–H and O–H groups in total. The number of anilines is 1. The van der Waals surface area contributed by atoms with Gasteiger partial charge in [-0.25, -0.2) is 8.42 Å². The number of nitrogens with two attached hydrogens (primary N) is 1. The maximum atomic E-state index is 12.1. The fourth-order valence-corrected chi connectivity index (χ4v) is 4.25. The minimum absolute atomic E-state index is 0.216. The predicted octanol–water partition coefficient (Wildman–Crippen LogP) is 2.28. The Hall–Kier alpha value is -2.32. The van der Waals surface area contributed by atoms with Crippen molar-refractivity contribution in [2.75, 3.05) is 10.6 Å². The summed E-state index contributed by atoms with van der Waals surface area (Å²) in [5.74, 6) is -0.266. The second-order valence-corrected chi connectivity index (χ2v) is 8.67. The average molecular weight is 375 g/mol. The van der Waals surface area contributed by atoms with Crippen LogP contribution in [0.5, 0.6) is 0 Å². The van der Waals surface area contributed by atoms with Crippen LogP contribution in [0.1, 0.15) is 16.4 Å². The zero-order chi connectivity index (χ0) is 18.0. The Labute approximate surface area is 150 Å². The van der Waals surface area contributed by atoms with Crippen molar-refractivity contribution in [2.45, 2.75) is 11.8 Å². The van der Waals surface area contributed by atoms with E-state index in [1.807, 2.05) is 30.3 Å². The van der Waals surface area contributed by atoms with Gasteiger partial charge >= 0.3 is 0 Å². The maximum Gasteiger partial charge on any atom is 0.266 e. The molecule has 0 saturated carbocycles. The topological polar surface area (TPSA) is 92.8 Å². The van der Waals surface area contributed by atoms with E-state index in [2.05, 4.69) is 4.99 Å². The predicted molar refractivity (Wildman–Crippen MR) is 101 cm³/mol. The number of carbonyl (C=O) groups excluding carboxylic acids is 1. The molecule has 0 bridgehead atoms. The summed E-state index contributed by atoms with van der Waals surface area (Å²) in [4.78, 5) is 15.5. The van der Waals surface area contributed by atoms with E-state index in [-0.39, 0.29) is 17.6 Å². The van der Waals surface area contributed by atoms with Crippen molar-refractivity contribution in [3.63, 3.8) is 0 Å². The Morgan fingerprint density at radius 3 is 2.28 bits per heavy atom. The molecule has 8 heteroatoms. The third kappa shape index (κ3) is 4.02. The molecule has 0 saturated heterocycles. The Balaban J connectivity index is 1.81. The minimum Gasteiger partial charge on any atom is -0.378 e. The zero-order valence-electron chi connectivity index (χ0n) is 13.5. The van der Waals surface area contributed by atoms with E-state index in [4.69, 9.17) is 5.73 Å². The van der Waals surface area contributed by atoms with E-state index in [0.29, 0.717) is 5.69 Å². The van der Waals surface area contributed by atoms with Crippen molar-refractivity contribution in [1.29, 1.82) is 0 Å². The van der Waals surface area contributed by atoms with Gasteiger partial charge in [-0.3, -0.25) is 9.10 Å². The lowest BCUT2D eigenvalue weighted by molar-refractivity contribution is -0.117. The Bertz CT molecular complexity index is 910. The quantitative estimate of drug-likeness (QED) is 0.865. The van der Waals surface area contributed by atoms with E-state index in [1.54, 1.807) is 24.3 Å². The van der Waals surface area contributed by atoms with Crippen LogP contribution in [0.3, 0.4) is 0 Å². The molecule has 0 radical (unpaired) electrons. The third-order valence-electron chi connectivity index (χ3n) is 3.74. The molecule has 25 heavy (non-hydrogen) atoms. The largest absolute Gasteiger partial charge is 0.378 e. The summed E-state index contributed by atoms with van der Waals surface area (Å²) in [7, 11) is -3.42. The molecule has 3 rings (SSSR count). The molecule has 6 nitrogen and oxygen atoms in total. The molecule has 0 fully saturated rings. The van der Waals surface area contributed by atoms with Crippen LogP contribution in [-0.2, 0) is 21.4 Å². The van der Waals surface area contributed by atoms with Crippen LogP contribution in [0.15, 0.2) is 59.6 Å². The zero-order valence-corrected chi connectivity index (χ0v) is 15.1. The number of aliphatic imine (C=N–C) groups is 1. The van der Waals surface area contributed by atoms with Crippen molar-refractivity contribution >= 4 is 38.5 Å². The van der Waals surface area contributed by atoms with Gasteiger partial charge in [0.15, 0.2) is 5.17 Å². The van der Waals surface area contributed by atoms with Crippen LogP contribution >= 0.6 is 11.8 Å². The molecule has 1 amide bonds. The van der Waals surface area contributed by atoms with Crippen LogP contribution in [0.4, 0.5) is 5.69 Å². The number of thioether (sulfide) groups is 1. The Morgan fingerprint density at radius 2 is 1.76 bits per heavy atom. The van der Waals surface area contributed by atoms with Gasteiger partial charge in [0.1, 0.15) is 5.25 Å². The average Bonchev–Trinajstić information content (AvgIpc) is 2.91. The van der Waals surface area contributed by atoms with Crippen LogP contribution < -0.4 is 10.0 Å². The van der Waals surface area contributed by atoms with Crippen molar-refractivity contribution in [2.24, 2.45) is 10.7 Å². The summed E-state index contributed by atoms with van der Waals surface area (Å²) < 4.78 is 25.6. The highest BCUT2D eigenvalue weighted by Gasteiger charge is 2.28. The number of para-hydroxylation sites is 1. The van der Waals surface area contributed by atoms with Crippen LogP contribution in [0.2, 0.25) is 0 Å². The van der Waals surface area contributed by atoms with E-state index in [1.165, 1.54) is 22.3 Å². The van der Waals surface area contributed by atoms with Gasteiger partial charge in [0.25, 0.3) is 5.91 Å². The first-order chi connectivity index (χ1) is 11.8. The summed E-state index contributed by atoms with van der Waals surface area (Å²) in [6, 6.07) is 16.2. The number of sulfonamides is 1. The second-order valence-electron chi connectivity index (χ2n) is 5.63. The molecule has 1 unspecified atom stereocenters. The van der Waals surface area contributed by atoms with Gasteiger partial charge in [0.2, 0.25) is 10.0 Å². The Kier molecular flexibility index (Phi) is 4.82. The summed E-state index contributed by atoms with van der Waals surface area (Å²) in [6.45, 7) is 0.216. The summed E-state index contributed by atoms with van der Waals surface area (Å²) >= 11 is 1.22. The lowest BCUT2D eigenvalue weighted by Gasteiger charge is -2.22. The van der Waals surface area contributed by atoms with Crippen LogP contribution in [-0.4, -0.2) is 25.7 Å². The maximum absolute atomic E-state index is 12.1. The molecule has 2 aromatic rings. The number of hydrogen-bond acceptors (Lipinski definition) is 5. The fourth-order valence-electron chi connectivity index (χ4n) is 2.53. The SMILES string of the molecule is CS(=O)(=O)N(Cc1ccc(C2SC(N)=NC2=O)cc1)c1ccccc1. The van der Waals surface area contributed by atoms with Crippen molar-refractivity contribution in [1.82, 2.24) is 0 Å². The number of carbonyl (C=O) groups is 1. The number of benzene rings is 2. The van der Waals surface area contributed by atoms with E-state index < -0.39 is 15.3 Å². The van der Waals surface area contributed by atoms with Gasteiger partial charge in [-0.05, 0) is 23.3 Å². The van der Waals surface area contributed by atoms with Crippen LogP contribution in [0, 0.1) is 0 Å². The second kappa shape index (κ2) is 6.89. The van der Waals surface area contributed by atoms with Gasteiger partial charge in [0.05, 0.1) is 18.5 Å². The lowest BCUT2D eigenvalue weighted by Crippen LogP contribution is -2.29. The van der Waals surface area contributed by atoms with E-state index in [9.17, 15) is 13.2 Å². The number of amides is 1. The molecule has 0 aromatic heterocycles. The lowest BCUT2D eigenvalue weighted by atomic mass is 10.1. The minimum atomic E-state index is -3.42. The fraction of sp³-hybridized carbons (Fsp3) is 0.176. The smallest absolute Gasteiger partial charge is 0.266 e. The van der Waals surface area contributed by atoms with Crippen molar-refractivity contribution in [3.8, 4) is 0 Å². The Morgan fingerprint density at radius 1 is 1.12 bits per heavy atom. The van der Waals surface area contributed by atoms with Gasteiger partial charge in [-0.1, -0.05) is 54.2 Å². The standard InChI is InChI=1S/C17H17N3O3S2/c1-25(22,23)20(14-5-3-2-4-6-14)11-12-7-9-13(10-8-12)15-16(21)19-17(18)24-15/h2-10,15H,11H2,1H3,(H2,18,19,21). The summed E-state index contributed by atoms with van der Waals surface area (Å²) in [5, 5.41) is -0.152. The first kappa shape index (κ1) is 17.5. The summed E-state index contributed by atoms with van der Waals surface area (Å²) in [6.07, 6.45) is 1.18. The molecule has 130 valence electrons. The van der Waals surface area contributed by atoms with Crippen LogP contribution in [0.25, 0.3) is 0 Å². The highest BCUT2D eigenvalue weighted by molar-refractivity contribution is 8.15. The normalized spacial score (nSPS) is 17.4. The number of nitrogens with zero attached hydrogens (tertiary/aromatic N) is 2. The van der Waals surface area contributed by atoms with Crippen molar-refractivity contribution in [3.05, 3.63) is 65.7 Å². The van der Waals surface area contributed by atoms with E-state index >= 15 is 0 Å². The number of hydrogen-bond donors (Lipinski definition) is 1. The monoisotopic (exact) mass is 375 g/mol. The first-order valence-electron chi connectivity index (χ1n) is 7.51. The molecule has 1 aliphatic rings. The first-order valence-corrected chi connectivity index (χ1v) is 10.2. The molecular formula is C17H17N3O3S2.